The van der Waals surface area contributed by atoms with E-state index in [0.29, 0.717) is 29.2 Å². The van der Waals surface area contributed by atoms with Gasteiger partial charge in [-0.05, 0) is 66.9 Å². The molecule has 1 aliphatic heterocycles. The fourth-order valence-electron chi connectivity index (χ4n) is 4.10. The van der Waals surface area contributed by atoms with Crippen LogP contribution in [0.15, 0.2) is 60.7 Å². The third-order valence-corrected chi connectivity index (χ3v) is 5.94. The van der Waals surface area contributed by atoms with Crippen LogP contribution in [0.4, 0.5) is 9.18 Å². The SMILES string of the molecule is CCCc1cc(C(=O)c2ccc(OC)cc2F)ccc1Oc1cccc(C[C@@]2(C)OC(=O)NC2=O)c1. The number of benzene rings is 3. The van der Waals surface area contributed by atoms with Crippen molar-refractivity contribution in [1.82, 2.24) is 5.32 Å². The van der Waals surface area contributed by atoms with Crippen LogP contribution in [0.3, 0.4) is 0 Å². The van der Waals surface area contributed by atoms with Crippen molar-refractivity contribution in [2.45, 2.75) is 38.7 Å². The molecule has 1 N–H and O–H groups in total. The predicted molar refractivity (Wildman–Crippen MR) is 130 cm³/mol. The van der Waals surface area contributed by atoms with E-state index in [-0.39, 0.29) is 12.0 Å². The Labute approximate surface area is 208 Å². The van der Waals surface area contributed by atoms with Gasteiger partial charge in [-0.2, -0.15) is 0 Å². The summed E-state index contributed by atoms with van der Waals surface area (Å²) in [6.45, 7) is 3.57. The Morgan fingerprint density at radius 2 is 1.86 bits per heavy atom. The van der Waals surface area contributed by atoms with E-state index in [4.69, 9.17) is 14.2 Å². The molecule has 0 unspecified atom stereocenters. The molecule has 7 nitrogen and oxygen atoms in total. The van der Waals surface area contributed by atoms with Crippen molar-refractivity contribution in [3.63, 3.8) is 0 Å². The van der Waals surface area contributed by atoms with Crippen LogP contribution in [0, 0.1) is 5.82 Å². The van der Waals surface area contributed by atoms with E-state index in [9.17, 15) is 18.8 Å². The first-order chi connectivity index (χ1) is 17.2. The molecule has 0 bridgehead atoms. The van der Waals surface area contributed by atoms with Crippen LogP contribution >= 0.6 is 0 Å². The molecule has 0 aliphatic carbocycles. The number of hydrogen-bond donors (Lipinski definition) is 1. The molecule has 1 saturated heterocycles. The van der Waals surface area contributed by atoms with E-state index >= 15 is 0 Å². The molecular weight excluding hydrogens is 465 g/mol. The van der Waals surface area contributed by atoms with E-state index in [2.05, 4.69) is 5.32 Å². The number of methoxy groups -OCH3 is 1. The summed E-state index contributed by atoms with van der Waals surface area (Å²) in [6.07, 6.45) is 0.882. The first-order valence-electron chi connectivity index (χ1n) is 11.5. The second kappa shape index (κ2) is 10.2. The van der Waals surface area contributed by atoms with Crippen molar-refractivity contribution in [3.05, 3.63) is 88.7 Å². The van der Waals surface area contributed by atoms with Crippen molar-refractivity contribution in [3.8, 4) is 17.2 Å². The molecule has 1 heterocycles. The smallest absolute Gasteiger partial charge is 0.415 e. The normalized spacial score (nSPS) is 16.9. The highest BCUT2D eigenvalue weighted by molar-refractivity contribution is 6.09. The molecule has 2 amide bonds. The Kier molecular flexibility index (Phi) is 7.05. The molecule has 8 heteroatoms. The molecule has 4 rings (SSSR count). The molecule has 3 aromatic carbocycles. The fraction of sp³-hybridized carbons (Fsp3) is 0.250. The zero-order chi connectivity index (χ0) is 25.9. The number of imide groups is 1. The summed E-state index contributed by atoms with van der Waals surface area (Å²) in [7, 11) is 1.43. The van der Waals surface area contributed by atoms with Gasteiger partial charge in [-0.1, -0.05) is 25.5 Å². The first kappa shape index (κ1) is 24.9. The summed E-state index contributed by atoms with van der Waals surface area (Å²) < 4.78 is 30.8. The number of alkyl carbamates (subject to hydrolysis) is 1. The summed E-state index contributed by atoms with van der Waals surface area (Å²) in [5, 5.41) is 2.15. The lowest BCUT2D eigenvalue weighted by molar-refractivity contribution is -0.129. The van der Waals surface area contributed by atoms with Gasteiger partial charge in [0.25, 0.3) is 5.91 Å². The zero-order valence-corrected chi connectivity index (χ0v) is 20.2. The van der Waals surface area contributed by atoms with Crippen molar-refractivity contribution >= 4 is 17.8 Å². The lowest BCUT2D eigenvalue weighted by Gasteiger charge is -2.19. The van der Waals surface area contributed by atoms with Gasteiger partial charge in [0.15, 0.2) is 11.4 Å². The van der Waals surface area contributed by atoms with E-state index in [1.54, 1.807) is 49.4 Å². The van der Waals surface area contributed by atoms with Gasteiger partial charge < -0.3 is 14.2 Å². The van der Waals surface area contributed by atoms with Crippen LogP contribution in [-0.4, -0.2) is 30.5 Å². The quantitative estimate of drug-likeness (QED) is 0.404. The highest BCUT2D eigenvalue weighted by Crippen LogP contribution is 2.31. The van der Waals surface area contributed by atoms with Crippen molar-refractivity contribution in [2.75, 3.05) is 7.11 Å². The second-order valence-corrected chi connectivity index (χ2v) is 8.75. The van der Waals surface area contributed by atoms with Gasteiger partial charge in [0, 0.05) is 18.1 Å². The monoisotopic (exact) mass is 491 g/mol. The first-order valence-corrected chi connectivity index (χ1v) is 11.5. The maximum atomic E-state index is 14.5. The average molecular weight is 492 g/mol. The van der Waals surface area contributed by atoms with Gasteiger partial charge in [-0.15, -0.1) is 0 Å². The van der Waals surface area contributed by atoms with Gasteiger partial charge in [-0.25, -0.2) is 9.18 Å². The Morgan fingerprint density at radius 3 is 2.53 bits per heavy atom. The number of ether oxygens (including phenoxy) is 3. The summed E-state index contributed by atoms with van der Waals surface area (Å²) in [4.78, 5) is 36.5. The second-order valence-electron chi connectivity index (χ2n) is 8.75. The number of ketones is 1. The number of amides is 2. The third-order valence-electron chi connectivity index (χ3n) is 5.94. The highest BCUT2D eigenvalue weighted by atomic mass is 19.1. The number of nitrogens with one attached hydrogen (secondary N) is 1. The van der Waals surface area contributed by atoms with Crippen LogP contribution in [0.5, 0.6) is 17.2 Å². The topological polar surface area (TPSA) is 90.9 Å². The van der Waals surface area contributed by atoms with Crippen molar-refractivity contribution < 1.29 is 33.0 Å². The van der Waals surface area contributed by atoms with Gasteiger partial charge in [0.2, 0.25) is 0 Å². The molecular formula is C28H26FNO6. The van der Waals surface area contributed by atoms with E-state index in [0.717, 1.165) is 17.5 Å². The predicted octanol–water partition coefficient (Wildman–Crippen LogP) is 5.38. The molecule has 3 aromatic rings. The maximum absolute atomic E-state index is 14.5. The number of hydrogen-bond acceptors (Lipinski definition) is 6. The van der Waals surface area contributed by atoms with Gasteiger partial charge >= 0.3 is 6.09 Å². The van der Waals surface area contributed by atoms with Gasteiger partial charge in [-0.3, -0.25) is 14.9 Å². The third kappa shape index (κ3) is 5.22. The molecule has 0 spiro atoms. The molecule has 0 aromatic heterocycles. The van der Waals surface area contributed by atoms with E-state index in [1.807, 2.05) is 13.0 Å². The Hall–Kier alpha value is -4.20. The molecule has 0 saturated carbocycles. The molecule has 1 fully saturated rings. The molecule has 1 aliphatic rings. The van der Waals surface area contributed by atoms with E-state index < -0.39 is 29.2 Å². The van der Waals surface area contributed by atoms with Crippen molar-refractivity contribution in [2.24, 2.45) is 0 Å². The number of aryl methyl sites for hydroxylation is 1. The van der Waals surface area contributed by atoms with Gasteiger partial charge in [0.1, 0.15) is 23.1 Å². The molecule has 0 radical (unpaired) electrons. The lowest BCUT2D eigenvalue weighted by Crippen LogP contribution is -2.38. The standard InChI is InChI=1S/C28H26FNO6/c1-4-6-18-14-19(25(31)22-11-10-20(34-3)15-23(22)29)9-12-24(18)35-21-8-5-7-17(13-21)16-28(2)26(32)30-27(33)36-28/h5,7-15H,4,6,16H2,1-3H3,(H,30,32,33)/t28-/m1/s1. The summed E-state index contributed by atoms with van der Waals surface area (Å²) in [5.41, 5.74) is 0.578. The number of halogens is 1. The van der Waals surface area contributed by atoms with Crippen LogP contribution in [0.2, 0.25) is 0 Å². The largest absolute Gasteiger partial charge is 0.497 e. The van der Waals surface area contributed by atoms with Crippen molar-refractivity contribution in [1.29, 1.82) is 0 Å². The van der Waals surface area contributed by atoms with Crippen LogP contribution < -0.4 is 14.8 Å². The number of carbonyl (C=O) groups excluding carboxylic acids is 3. The number of cyclic esters (lactones) is 1. The maximum Gasteiger partial charge on any atom is 0.415 e. The minimum Gasteiger partial charge on any atom is -0.497 e. The fourth-order valence-corrected chi connectivity index (χ4v) is 4.10. The molecule has 1 atom stereocenters. The lowest BCUT2D eigenvalue weighted by atomic mass is 9.96. The Balaban J connectivity index is 1.57. The van der Waals surface area contributed by atoms with Crippen LogP contribution in [-0.2, 0) is 22.4 Å². The van der Waals surface area contributed by atoms with Crippen LogP contribution in [0.25, 0.3) is 0 Å². The summed E-state index contributed by atoms with van der Waals surface area (Å²) in [6, 6.07) is 16.3. The minimum absolute atomic E-state index is 0.0373. The Morgan fingerprint density at radius 1 is 1.06 bits per heavy atom. The minimum atomic E-state index is -1.29. The molecule has 186 valence electrons. The highest BCUT2D eigenvalue weighted by Gasteiger charge is 2.44. The van der Waals surface area contributed by atoms with Gasteiger partial charge in [0.05, 0.1) is 12.7 Å². The summed E-state index contributed by atoms with van der Waals surface area (Å²) >= 11 is 0. The zero-order valence-electron chi connectivity index (χ0n) is 20.2. The van der Waals surface area contributed by atoms with Crippen LogP contribution in [0.1, 0.15) is 47.3 Å². The Bertz CT molecular complexity index is 1340. The average Bonchev–Trinajstić information content (AvgIpc) is 3.10. The summed E-state index contributed by atoms with van der Waals surface area (Å²) in [5.74, 6) is -0.141. The van der Waals surface area contributed by atoms with E-state index in [1.165, 1.54) is 19.2 Å². The number of rotatable bonds is 9. The number of carbonyl (C=O) groups is 3. The molecule has 36 heavy (non-hydrogen) atoms.